The molecule has 36 heavy (non-hydrogen) atoms. The summed E-state index contributed by atoms with van der Waals surface area (Å²) >= 11 is 3.51. The highest BCUT2D eigenvalue weighted by molar-refractivity contribution is 9.10. The van der Waals surface area contributed by atoms with Gasteiger partial charge >= 0.3 is 6.09 Å². The number of nitrogens with one attached hydrogen (secondary N) is 1. The number of nitriles is 1. The van der Waals surface area contributed by atoms with E-state index in [0.717, 1.165) is 12.1 Å². The third-order valence-corrected chi connectivity index (χ3v) is 7.23. The molecule has 0 aliphatic heterocycles. The molecule has 192 valence electrons. The summed E-state index contributed by atoms with van der Waals surface area (Å²) < 4.78 is 34.3. The predicted molar refractivity (Wildman–Crippen MR) is 143 cm³/mol. The molecule has 0 aliphatic carbocycles. The standard InChI is InChI=1S/C25H30BrFN4O4Si/c1-25(2,3)35-24(32)30-17-7-8-20(19(27)11-17)34-22-16(12-28)13-29-23-21(22)18(26)14-31(23)15-33-9-10-36(4,5)6/h7-8,11,13-14H,9-10,15H2,1-6H3,(H,30,32). The average Bonchev–Trinajstić information content (AvgIpc) is 3.07. The molecular formula is C25H30BrFN4O4Si. The second kappa shape index (κ2) is 11.0. The maximum atomic E-state index is 14.9. The van der Waals surface area contributed by atoms with Crippen LogP contribution in [0.15, 0.2) is 35.1 Å². The highest BCUT2D eigenvalue weighted by Crippen LogP contribution is 2.39. The van der Waals surface area contributed by atoms with E-state index >= 15 is 0 Å². The fraction of sp³-hybridized carbons (Fsp3) is 0.400. The van der Waals surface area contributed by atoms with Crippen molar-refractivity contribution < 1.29 is 23.4 Å². The first-order valence-electron chi connectivity index (χ1n) is 11.4. The zero-order valence-corrected chi connectivity index (χ0v) is 23.8. The molecule has 3 aromatic rings. The summed E-state index contributed by atoms with van der Waals surface area (Å²) in [5.74, 6) is -0.663. The molecule has 0 atom stereocenters. The molecule has 2 heterocycles. The summed E-state index contributed by atoms with van der Waals surface area (Å²) in [5, 5.41) is 12.7. The molecular weight excluding hydrogens is 547 g/mol. The lowest BCUT2D eigenvalue weighted by Crippen LogP contribution is -2.27. The number of fused-ring (bicyclic) bond motifs is 1. The third kappa shape index (κ3) is 7.29. The molecule has 3 rings (SSSR count). The normalized spacial score (nSPS) is 11.9. The molecule has 11 heteroatoms. The summed E-state index contributed by atoms with van der Waals surface area (Å²) in [7, 11) is -1.22. The summed E-state index contributed by atoms with van der Waals surface area (Å²) in [5.41, 5.74) is 0.204. The minimum absolute atomic E-state index is 0.111. The van der Waals surface area contributed by atoms with Gasteiger partial charge in [0.1, 0.15) is 29.6 Å². The van der Waals surface area contributed by atoms with Crippen LogP contribution in [0.4, 0.5) is 14.9 Å². The van der Waals surface area contributed by atoms with Gasteiger partial charge in [0.2, 0.25) is 0 Å². The molecule has 0 radical (unpaired) electrons. The molecule has 2 aromatic heterocycles. The minimum atomic E-state index is -1.22. The monoisotopic (exact) mass is 576 g/mol. The molecule has 0 saturated heterocycles. The number of aromatic nitrogens is 2. The number of benzene rings is 1. The first kappa shape index (κ1) is 27.6. The van der Waals surface area contributed by atoms with E-state index in [0.29, 0.717) is 22.1 Å². The minimum Gasteiger partial charge on any atom is -0.452 e. The van der Waals surface area contributed by atoms with Crippen molar-refractivity contribution in [3.8, 4) is 17.6 Å². The Morgan fingerprint density at radius 2 is 2.03 bits per heavy atom. The van der Waals surface area contributed by atoms with Crippen LogP contribution in [0.1, 0.15) is 26.3 Å². The number of anilines is 1. The van der Waals surface area contributed by atoms with Gasteiger partial charge in [-0.25, -0.2) is 14.2 Å². The van der Waals surface area contributed by atoms with Crippen molar-refractivity contribution in [1.82, 2.24) is 9.55 Å². The Labute approximate surface area is 219 Å². The molecule has 0 spiro atoms. The van der Waals surface area contributed by atoms with E-state index in [4.69, 9.17) is 14.2 Å². The van der Waals surface area contributed by atoms with Gasteiger partial charge in [-0.3, -0.25) is 5.32 Å². The highest BCUT2D eigenvalue weighted by Gasteiger charge is 2.21. The largest absolute Gasteiger partial charge is 0.452 e. The Morgan fingerprint density at radius 3 is 2.64 bits per heavy atom. The molecule has 0 unspecified atom stereocenters. The van der Waals surface area contributed by atoms with Gasteiger partial charge in [0.15, 0.2) is 17.3 Å². The van der Waals surface area contributed by atoms with Crippen molar-refractivity contribution in [3.63, 3.8) is 0 Å². The highest BCUT2D eigenvalue weighted by atomic mass is 79.9. The van der Waals surface area contributed by atoms with Gasteiger partial charge in [-0.1, -0.05) is 19.6 Å². The van der Waals surface area contributed by atoms with Gasteiger partial charge in [0, 0.05) is 37.1 Å². The van der Waals surface area contributed by atoms with Gasteiger partial charge in [-0.2, -0.15) is 5.26 Å². The number of ether oxygens (including phenoxy) is 3. The Bertz CT molecular complexity index is 1310. The molecule has 1 N–H and O–H groups in total. The lowest BCUT2D eigenvalue weighted by molar-refractivity contribution is 0.0636. The van der Waals surface area contributed by atoms with Crippen LogP contribution in [-0.4, -0.2) is 35.9 Å². The number of halogens is 2. The SMILES string of the molecule is CC(C)(C)OC(=O)Nc1ccc(Oc2c(C#N)cnc3c2c(Br)cn3COCC[Si](C)(C)C)c(F)c1. The number of carbonyl (C=O) groups is 1. The fourth-order valence-electron chi connectivity index (χ4n) is 3.20. The maximum absolute atomic E-state index is 14.9. The summed E-state index contributed by atoms with van der Waals surface area (Å²) in [6.45, 7) is 13.0. The topological polar surface area (TPSA) is 98.4 Å². The lowest BCUT2D eigenvalue weighted by atomic mass is 10.2. The van der Waals surface area contributed by atoms with E-state index in [1.54, 1.807) is 27.0 Å². The van der Waals surface area contributed by atoms with Gasteiger partial charge in [-0.05, 0) is 54.9 Å². The van der Waals surface area contributed by atoms with Crippen molar-refractivity contribution >= 4 is 46.8 Å². The van der Waals surface area contributed by atoms with Crippen molar-refractivity contribution in [1.29, 1.82) is 5.26 Å². The number of carbonyl (C=O) groups excluding carboxylic acids is 1. The molecule has 0 bridgehead atoms. The number of rotatable bonds is 8. The average molecular weight is 578 g/mol. The first-order chi connectivity index (χ1) is 16.8. The smallest absolute Gasteiger partial charge is 0.412 e. The molecule has 0 fully saturated rings. The van der Waals surface area contributed by atoms with Crippen molar-refractivity contribution in [2.75, 3.05) is 11.9 Å². The van der Waals surface area contributed by atoms with Crippen LogP contribution in [0.2, 0.25) is 25.7 Å². The summed E-state index contributed by atoms with van der Waals surface area (Å²) in [4.78, 5) is 16.4. The van der Waals surface area contributed by atoms with Crippen LogP contribution in [-0.2, 0) is 16.2 Å². The Hall–Kier alpha value is -2.94. The van der Waals surface area contributed by atoms with Crippen molar-refractivity contribution in [2.45, 2.75) is 58.8 Å². The van der Waals surface area contributed by atoms with E-state index in [9.17, 15) is 14.4 Å². The van der Waals surface area contributed by atoms with E-state index in [1.807, 2.05) is 4.57 Å². The second-order valence-electron chi connectivity index (χ2n) is 10.5. The van der Waals surface area contributed by atoms with Crippen LogP contribution in [0.3, 0.4) is 0 Å². The zero-order chi connectivity index (χ0) is 26.7. The van der Waals surface area contributed by atoms with Crippen molar-refractivity contribution in [3.05, 3.63) is 46.4 Å². The molecule has 0 saturated carbocycles. The second-order valence-corrected chi connectivity index (χ2v) is 17.0. The van der Waals surface area contributed by atoms with Crippen molar-refractivity contribution in [2.24, 2.45) is 0 Å². The number of pyridine rings is 1. The van der Waals surface area contributed by atoms with Gasteiger partial charge in [-0.15, -0.1) is 0 Å². The lowest BCUT2D eigenvalue weighted by Gasteiger charge is -2.19. The summed E-state index contributed by atoms with van der Waals surface area (Å²) in [6, 6.07) is 7.07. The molecule has 0 aliphatic rings. The van der Waals surface area contributed by atoms with E-state index in [1.165, 1.54) is 18.3 Å². The van der Waals surface area contributed by atoms with Crippen LogP contribution in [0.5, 0.6) is 11.5 Å². The Balaban J connectivity index is 1.85. The zero-order valence-electron chi connectivity index (χ0n) is 21.2. The van der Waals surface area contributed by atoms with E-state index in [2.05, 4.69) is 51.9 Å². The quantitative estimate of drug-likeness (QED) is 0.224. The van der Waals surface area contributed by atoms with Gasteiger partial charge in [0.05, 0.1) is 11.6 Å². The maximum Gasteiger partial charge on any atom is 0.412 e. The molecule has 1 aromatic carbocycles. The molecule has 1 amide bonds. The van der Waals surface area contributed by atoms with Crippen LogP contribution >= 0.6 is 15.9 Å². The number of nitrogens with zero attached hydrogens (tertiary/aromatic N) is 3. The van der Waals surface area contributed by atoms with Crippen LogP contribution < -0.4 is 10.1 Å². The van der Waals surface area contributed by atoms with Gasteiger partial charge < -0.3 is 18.8 Å². The summed E-state index contributed by atoms with van der Waals surface area (Å²) in [6.07, 6.45) is 2.49. The molecule has 8 nitrogen and oxygen atoms in total. The predicted octanol–water partition coefficient (Wildman–Crippen LogP) is 7.26. The van der Waals surface area contributed by atoms with Crippen LogP contribution in [0, 0.1) is 17.1 Å². The Kier molecular flexibility index (Phi) is 8.43. The Morgan fingerprint density at radius 1 is 1.31 bits per heavy atom. The van der Waals surface area contributed by atoms with E-state index in [-0.39, 0.29) is 29.5 Å². The third-order valence-electron chi connectivity index (χ3n) is 4.93. The fourth-order valence-corrected chi connectivity index (χ4v) is 4.56. The first-order valence-corrected chi connectivity index (χ1v) is 15.9. The number of amides is 1. The van der Waals surface area contributed by atoms with Crippen LogP contribution in [0.25, 0.3) is 11.0 Å². The number of hydrogen-bond acceptors (Lipinski definition) is 6. The number of hydrogen-bond donors (Lipinski definition) is 1. The van der Waals surface area contributed by atoms with Gasteiger partial charge in [0.25, 0.3) is 0 Å². The van der Waals surface area contributed by atoms with E-state index < -0.39 is 25.6 Å².